The summed E-state index contributed by atoms with van der Waals surface area (Å²) in [5.41, 5.74) is 5.27. The molecule has 0 saturated heterocycles. The number of carbonyl (C=O) groups is 1. The molecule has 0 amide bonds. The van der Waals surface area contributed by atoms with Crippen LogP contribution in [0.2, 0.25) is 0 Å². The first-order valence-corrected chi connectivity index (χ1v) is 9.72. The SMILES string of the molecule is COC(=O)c1sc(-n2cnc3cc(C)ccc32)cc1OCc1ccccc1C. The van der Waals surface area contributed by atoms with Gasteiger partial charge in [0.15, 0.2) is 4.88 Å². The van der Waals surface area contributed by atoms with Gasteiger partial charge in [-0.05, 0) is 42.7 Å². The number of imidazole rings is 1. The van der Waals surface area contributed by atoms with Crippen LogP contribution in [0.4, 0.5) is 0 Å². The molecule has 0 saturated carbocycles. The lowest BCUT2D eigenvalue weighted by Crippen LogP contribution is -2.03. The van der Waals surface area contributed by atoms with Crippen LogP contribution in [0.25, 0.3) is 16.0 Å². The van der Waals surface area contributed by atoms with Crippen LogP contribution in [-0.2, 0) is 11.3 Å². The molecule has 0 unspecified atom stereocenters. The Hall–Kier alpha value is -3.12. The molecule has 0 atom stereocenters. The summed E-state index contributed by atoms with van der Waals surface area (Å²) >= 11 is 1.33. The number of hydrogen-bond donors (Lipinski definition) is 0. The Balaban J connectivity index is 1.71. The van der Waals surface area contributed by atoms with E-state index in [0.717, 1.165) is 32.7 Å². The predicted octanol–water partition coefficient (Wildman–Crippen LogP) is 5.07. The van der Waals surface area contributed by atoms with E-state index in [1.807, 2.05) is 66.9 Å². The molecule has 2 aromatic carbocycles. The van der Waals surface area contributed by atoms with Crippen LogP contribution >= 0.6 is 11.3 Å². The van der Waals surface area contributed by atoms with E-state index in [0.29, 0.717) is 17.2 Å². The molecule has 0 spiro atoms. The van der Waals surface area contributed by atoms with Gasteiger partial charge in [-0.2, -0.15) is 0 Å². The number of nitrogens with zero attached hydrogens (tertiary/aromatic N) is 2. The second-order valence-electron chi connectivity index (χ2n) is 6.59. The van der Waals surface area contributed by atoms with Crippen LogP contribution in [0.15, 0.2) is 54.9 Å². The van der Waals surface area contributed by atoms with E-state index in [-0.39, 0.29) is 0 Å². The number of carbonyl (C=O) groups excluding carboxylic acids is 1. The van der Waals surface area contributed by atoms with Crippen molar-refractivity contribution in [2.24, 2.45) is 0 Å². The molecule has 0 aliphatic heterocycles. The van der Waals surface area contributed by atoms with E-state index in [1.165, 1.54) is 18.4 Å². The smallest absolute Gasteiger partial charge is 0.351 e. The van der Waals surface area contributed by atoms with Gasteiger partial charge >= 0.3 is 5.97 Å². The van der Waals surface area contributed by atoms with E-state index in [9.17, 15) is 4.79 Å². The predicted molar refractivity (Wildman–Crippen MR) is 111 cm³/mol. The maximum atomic E-state index is 12.3. The quantitative estimate of drug-likeness (QED) is 0.445. The van der Waals surface area contributed by atoms with Crippen molar-refractivity contribution in [3.8, 4) is 10.8 Å². The Morgan fingerprint density at radius 2 is 1.96 bits per heavy atom. The summed E-state index contributed by atoms with van der Waals surface area (Å²) in [5.74, 6) is 0.111. The monoisotopic (exact) mass is 392 g/mol. The highest BCUT2D eigenvalue weighted by atomic mass is 32.1. The molecular formula is C22H20N2O3S. The molecule has 142 valence electrons. The van der Waals surface area contributed by atoms with Crippen LogP contribution in [0.1, 0.15) is 26.4 Å². The van der Waals surface area contributed by atoms with Crippen molar-refractivity contribution in [2.75, 3.05) is 7.11 Å². The third-order valence-electron chi connectivity index (χ3n) is 4.64. The van der Waals surface area contributed by atoms with E-state index in [4.69, 9.17) is 9.47 Å². The average molecular weight is 392 g/mol. The third-order valence-corrected chi connectivity index (χ3v) is 5.74. The Morgan fingerprint density at radius 1 is 1.14 bits per heavy atom. The molecule has 0 aliphatic carbocycles. The van der Waals surface area contributed by atoms with Gasteiger partial charge in [0.1, 0.15) is 23.7 Å². The number of thiophene rings is 1. The van der Waals surface area contributed by atoms with Crippen LogP contribution in [0, 0.1) is 13.8 Å². The standard InChI is InChI=1S/C22H20N2O3S/c1-14-8-9-18-17(10-14)23-13-24(18)20-11-19(21(28-20)22(25)26-3)27-12-16-7-5-4-6-15(16)2/h4-11,13H,12H2,1-3H3. The van der Waals surface area contributed by atoms with Gasteiger partial charge in [-0.1, -0.05) is 30.3 Å². The molecule has 0 N–H and O–H groups in total. The molecule has 4 aromatic rings. The first kappa shape index (κ1) is 18.3. The minimum absolute atomic E-state index is 0.386. The third kappa shape index (κ3) is 3.39. The Kier molecular flexibility index (Phi) is 4.88. The fourth-order valence-corrected chi connectivity index (χ4v) is 4.05. The van der Waals surface area contributed by atoms with Crippen molar-refractivity contribution in [1.82, 2.24) is 9.55 Å². The largest absolute Gasteiger partial charge is 0.487 e. The average Bonchev–Trinajstić information content (AvgIpc) is 3.30. The lowest BCUT2D eigenvalue weighted by molar-refractivity contribution is 0.0601. The van der Waals surface area contributed by atoms with E-state index in [1.54, 1.807) is 6.33 Å². The van der Waals surface area contributed by atoms with Crippen molar-refractivity contribution in [1.29, 1.82) is 0 Å². The minimum atomic E-state index is -0.406. The molecule has 0 fully saturated rings. The number of aryl methyl sites for hydroxylation is 2. The van der Waals surface area contributed by atoms with Crippen molar-refractivity contribution < 1.29 is 14.3 Å². The maximum Gasteiger partial charge on any atom is 0.351 e. The lowest BCUT2D eigenvalue weighted by Gasteiger charge is -2.08. The second-order valence-corrected chi connectivity index (χ2v) is 7.62. The number of esters is 1. The molecule has 0 aliphatic rings. The molecule has 5 nitrogen and oxygen atoms in total. The van der Waals surface area contributed by atoms with Gasteiger partial charge in [-0.3, -0.25) is 4.57 Å². The highest BCUT2D eigenvalue weighted by Crippen LogP contribution is 2.35. The number of benzene rings is 2. The van der Waals surface area contributed by atoms with Gasteiger partial charge in [-0.25, -0.2) is 9.78 Å². The number of ether oxygens (including phenoxy) is 2. The maximum absolute atomic E-state index is 12.3. The Morgan fingerprint density at radius 3 is 2.75 bits per heavy atom. The summed E-state index contributed by atoms with van der Waals surface area (Å²) in [6, 6.07) is 16.0. The molecule has 0 bridgehead atoms. The highest BCUT2D eigenvalue weighted by Gasteiger charge is 2.20. The number of hydrogen-bond acceptors (Lipinski definition) is 5. The highest BCUT2D eigenvalue weighted by molar-refractivity contribution is 7.16. The molecule has 28 heavy (non-hydrogen) atoms. The van der Waals surface area contributed by atoms with Gasteiger partial charge in [0.05, 0.1) is 18.1 Å². The van der Waals surface area contributed by atoms with E-state index < -0.39 is 5.97 Å². The molecular weight excluding hydrogens is 372 g/mol. The molecule has 0 radical (unpaired) electrons. The van der Waals surface area contributed by atoms with Gasteiger partial charge in [0, 0.05) is 6.07 Å². The summed E-state index contributed by atoms with van der Waals surface area (Å²) < 4.78 is 12.9. The summed E-state index contributed by atoms with van der Waals surface area (Å²) in [6.07, 6.45) is 1.77. The number of rotatable bonds is 5. The normalized spacial score (nSPS) is 11.0. The van der Waals surface area contributed by atoms with Gasteiger partial charge in [0.25, 0.3) is 0 Å². The molecule has 6 heteroatoms. The summed E-state index contributed by atoms with van der Waals surface area (Å²) in [6.45, 7) is 4.46. The minimum Gasteiger partial charge on any atom is -0.487 e. The second kappa shape index (κ2) is 7.48. The first-order valence-electron chi connectivity index (χ1n) is 8.90. The number of methoxy groups -OCH3 is 1. The Bertz CT molecular complexity index is 1160. The lowest BCUT2D eigenvalue weighted by atomic mass is 10.1. The van der Waals surface area contributed by atoms with Crippen molar-refractivity contribution in [3.05, 3.63) is 76.4 Å². The van der Waals surface area contributed by atoms with Crippen molar-refractivity contribution >= 4 is 28.3 Å². The van der Waals surface area contributed by atoms with Crippen molar-refractivity contribution in [3.63, 3.8) is 0 Å². The Labute approximate surface area is 167 Å². The van der Waals surface area contributed by atoms with Gasteiger partial charge in [0.2, 0.25) is 0 Å². The van der Waals surface area contributed by atoms with E-state index >= 15 is 0 Å². The zero-order valence-corrected chi connectivity index (χ0v) is 16.7. The summed E-state index contributed by atoms with van der Waals surface area (Å²) in [5, 5.41) is 0.853. The molecule has 2 heterocycles. The fourth-order valence-electron chi connectivity index (χ4n) is 3.05. The summed E-state index contributed by atoms with van der Waals surface area (Å²) in [7, 11) is 1.38. The zero-order valence-electron chi connectivity index (χ0n) is 15.9. The van der Waals surface area contributed by atoms with Crippen LogP contribution in [-0.4, -0.2) is 22.6 Å². The van der Waals surface area contributed by atoms with Crippen LogP contribution < -0.4 is 4.74 Å². The zero-order chi connectivity index (χ0) is 19.7. The molecule has 4 rings (SSSR count). The number of fused-ring (bicyclic) bond motifs is 1. The number of aromatic nitrogens is 2. The van der Waals surface area contributed by atoms with Crippen molar-refractivity contribution in [2.45, 2.75) is 20.5 Å². The molecule has 2 aromatic heterocycles. The van der Waals surface area contributed by atoms with Crippen LogP contribution in [0.5, 0.6) is 5.75 Å². The van der Waals surface area contributed by atoms with Gasteiger partial charge < -0.3 is 9.47 Å². The fraction of sp³-hybridized carbons (Fsp3) is 0.182. The first-order chi connectivity index (χ1) is 13.6. The summed E-state index contributed by atoms with van der Waals surface area (Å²) in [4.78, 5) is 17.2. The van der Waals surface area contributed by atoms with Gasteiger partial charge in [-0.15, -0.1) is 11.3 Å². The van der Waals surface area contributed by atoms with Crippen LogP contribution in [0.3, 0.4) is 0 Å². The topological polar surface area (TPSA) is 53.4 Å². The van der Waals surface area contributed by atoms with E-state index in [2.05, 4.69) is 4.98 Å².